The molecule has 72 heavy (non-hydrogen) atoms. The van der Waals surface area contributed by atoms with E-state index in [1.807, 2.05) is 48.6 Å². The van der Waals surface area contributed by atoms with Crippen molar-refractivity contribution in [2.24, 2.45) is 0 Å². The standard InChI is InChI=1S/C45H84BN7O8.C3H5BO.3C2H6/c1-35(30-31-39(44(58)59)52-41(54)28-17-15-13-11-9-7-5-6-8-10-12-14-16-18-29-42(55)56)49-32-22-20-26-38(48-4)43(57)51-34-24-19-25-37(47-3)36(2)50-33-23-21-27-40(53-46)45(60)61;1-2-3(4)5;3*1-2/h37-40,47-50,53H,1-2,5-34H2,3-4H3,(H,51,57)(H,52,54)(H,55,56)(H,58,59)(H,60,61);2H2,1H3;3*1-2H3/t37?,38-,39?,40?;;;;/m0..../s1. The number of hydrogen-bond acceptors (Lipinski definition) is 11. The highest BCUT2D eigenvalue weighted by Gasteiger charge is 2.20. The Morgan fingerprint density at radius 1 is 0.472 bits per heavy atom. The molecule has 0 aliphatic carbocycles. The van der Waals surface area contributed by atoms with Crippen LogP contribution in [0.1, 0.15) is 228 Å². The highest BCUT2D eigenvalue weighted by molar-refractivity contribution is 6.57. The number of amides is 2. The number of allylic oxidation sites excluding steroid dienone is 1. The second kappa shape index (κ2) is 59.7. The van der Waals surface area contributed by atoms with Crippen LogP contribution in [0.15, 0.2) is 24.6 Å². The Balaban J connectivity index is -0.00000124. The minimum atomic E-state index is -1.05. The number of hydrogen-bond donors (Lipinski definition) is 10. The summed E-state index contributed by atoms with van der Waals surface area (Å²) >= 11 is 0. The van der Waals surface area contributed by atoms with Crippen molar-refractivity contribution < 1.29 is 44.1 Å². The zero-order valence-electron chi connectivity index (χ0n) is 47.1. The van der Waals surface area contributed by atoms with Gasteiger partial charge in [-0.25, -0.2) is 4.79 Å². The second-order valence-electron chi connectivity index (χ2n) is 17.2. The van der Waals surface area contributed by atoms with E-state index in [9.17, 15) is 33.9 Å². The van der Waals surface area contributed by atoms with Crippen LogP contribution in [0.3, 0.4) is 0 Å². The van der Waals surface area contributed by atoms with Gasteiger partial charge in [0.25, 0.3) is 0 Å². The Morgan fingerprint density at radius 2 is 0.847 bits per heavy atom. The molecule has 18 heteroatoms. The number of carboxylic acids is 3. The number of aliphatic carboxylic acids is 3. The topological polar surface area (TPSA) is 247 Å². The SMILES string of the molecule is CC.CC.CC.[B]C(=O)CC.[B]NC(CCCCNC(=C)C(CCCCNC(=O)[C@H](CCCCNC(=C)CCC(NC(=O)CCCCCCCCCCCCCCCCC(=O)O)C(=O)O)NC)NC)C(=O)O. The average molecular weight is 1020 g/mol. The number of likely N-dealkylation sites (N-methyl/N-ethyl adjacent to an activating group) is 2. The van der Waals surface area contributed by atoms with Crippen molar-refractivity contribution in [1.29, 1.82) is 0 Å². The van der Waals surface area contributed by atoms with Gasteiger partial charge in [-0.15, -0.1) is 0 Å². The molecule has 4 atom stereocenters. The maximum Gasteiger partial charge on any atom is 0.326 e. The molecule has 3 unspecified atom stereocenters. The monoisotopic (exact) mass is 1020 g/mol. The van der Waals surface area contributed by atoms with Crippen LogP contribution < -0.4 is 37.1 Å². The fraction of sp³-hybridized carbons (Fsp3) is 0.815. The quantitative estimate of drug-likeness (QED) is 0.0202. The van der Waals surface area contributed by atoms with Gasteiger partial charge in [0, 0.05) is 49.9 Å². The summed E-state index contributed by atoms with van der Waals surface area (Å²) in [6, 6.07) is -1.91. The molecule has 0 bridgehead atoms. The van der Waals surface area contributed by atoms with Crippen LogP contribution in [-0.4, -0.2) is 124 Å². The molecule has 0 saturated heterocycles. The summed E-state index contributed by atoms with van der Waals surface area (Å²) in [6.07, 6.45) is 24.1. The van der Waals surface area contributed by atoms with Gasteiger partial charge >= 0.3 is 17.9 Å². The van der Waals surface area contributed by atoms with Crippen LogP contribution in [0.4, 0.5) is 0 Å². The maximum atomic E-state index is 12.8. The summed E-state index contributed by atoms with van der Waals surface area (Å²) in [4.78, 5) is 68.2. The molecule has 0 rings (SSSR count). The second-order valence-corrected chi connectivity index (χ2v) is 17.2. The van der Waals surface area contributed by atoms with Gasteiger partial charge in [-0.3, -0.25) is 19.2 Å². The molecule has 0 heterocycles. The number of carbonyl (C=O) groups is 6. The zero-order valence-corrected chi connectivity index (χ0v) is 47.1. The number of nitrogens with one attached hydrogen (secondary N) is 7. The van der Waals surface area contributed by atoms with Crippen LogP contribution in [0.2, 0.25) is 0 Å². The number of carboxylic acid groups (broad SMARTS) is 3. The Bertz CT molecular complexity index is 1350. The molecule has 0 aromatic heterocycles. The third-order valence-electron chi connectivity index (χ3n) is 11.5. The Morgan fingerprint density at radius 3 is 1.24 bits per heavy atom. The van der Waals surface area contributed by atoms with Crippen molar-refractivity contribution in [3.63, 3.8) is 0 Å². The molecular weight excluding hydrogens is 912 g/mol. The van der Waals surface area contributed by atoms with Crippen LogP contribution >= 0.6 is 0 Å². The highest BCUT2D eigenvalue weighted by Crippen LogP contribution is 2.15. The number of carbonyl (C=O) groups excluding carboxylic acids is 3. The summed E-state index contributed by atoms with van der Waals surface area (Å²) in [5, 5.41) is 48.4. The lowest BCUT2D eigenvalue weighted by Crippen LogP contribution is -2.43. The van der Waals surface area contributed by atoms with E-state index in [0.29, 0.717) is 51.7 Å². The van der Waals surface area contributed by atoms with Crippen LogP contribution in [-0.2, 0) is 28.8 Å². The molecular formula is C54H107B2N7O9. The average Bonchev–Trinajstić information content (AvgIpc) is 3.37. The van der Waals surface area contributed by atoms with Crippen molar-refractivity contribution in [3.8, 4) is 0 Å². The van der Waals surface area contributed by atoms with Crippen molar-refractivity contribution >= 4 is 51.2 Å². The first-order valence-electron chi connectivity index (χ1n) is 27.8. The smallest absolute Gasteiger partial charge is 0.326 e. The van der Waals surface area contributed by atoms with Gasteiger partial charge in [-0.05, 0) is 104 Å². The normalized spacial score (nSPS) is 11.8. The van der Waals surface area contributed by atoms with E-state index in [2.05, 4.69) is 58.1 Å². The summed E-state index contributed by atoms with van der Waals surface area (Å²) in [6.45, 7) is 23.8. The van der Waals surface area contributed by atoms with E-state index in [4.69, 9.17) is 18.2 Å². The van der Waals surface area contributed by atoms with Crippen molar-refractivity contribution in [2.75, 3.05) is 33.7 Å². The minimum Gasteiger partial charge on any atom is -0.481 e. The lowest BCUT2D eigenvalue weighted by Gasteiger charge is -2.21. The van der Waals surface area contributed by atoms with Crippen molar-refractivity contribution in [3.05, 3.63) is 24.6 Å². The van der Waals surface area contributed by atoms with E-state index in [1.54, 1.807) is 14.0 Å². The largest absolute Gasteiger partial charge is 0.481 e. The first-order valence-corrected chi connectivity index (χ1v) is 27.8. The van der Waals surface area contributed by atoms with Gasteiger partial charge in [0.2, 0.25) is 11.8 Å². The molecule has 0 spiro atoms. The van der Waals surface area contributed by atoms with Gasteiger partial charge < -0.3 is 57.2 Å². The molecule has 4 radical (unpaired) electrons. The van der Waals surface area contributed by atoms with E-state index in [-0.39, 0.29) is 42.4 Å². The van der Waals surface area contributed by atoms with Gasteiger partial charge in [0.15, 0.2) is 15.8 Å². The van der Waals surface area contributed by atoms with E-state index >= 15 is 0 Å². The van der Waals surface area contributed by atoms with Crippen molar-refractivity contribution in [2.45, 2.75) is 252 Å². The summed E-state index contributed by atoms with van der Waals surface area (Å²) in [5.74, 6) is -2.96. The molecule has 418 valence electrons. The molecule has 0 aromatic rings. The van der Waals surface area contributed by atoms with Gasteiger partial charge in [-0.2, -0.15) is 0 Å². The first kappa shape index (κ1) is 77.0. The summed E-state index contributed by atoms with van der Waals surface area (Å²) < 4.78 is 0. The molecule has 0 aliphatic rings. The molecule has 0 aliphatic heterocycles. The third kappa shape index (κ3) is 53.9. The fourth-order valence-corrected chi connectivity index (χ4v) is 7.18. The van der Waals surface area contributed by atoms with Gasteiger partial charge in [0.05, 0.1) is 17.8 Å². The third-order valence-corrected chi connectivity index (χ3v) is 11.5. The first-order chi connectivity index (χ1) is 34.6. The predicted molar refractivity (Wildman–Crippen MR) is 300 cm³/mol. The zero-order chi connectivity index (χ0) is 55.8. The molecule has 2 amide bonds. The van der Waals surface area contributed by atoms with E-state index in [1.165, 1.54) is 44.9 Å². The molecule has 16 nitrogen and oxygen atoms in total. The Labute approximate surface area is 441 Å². The molecule has 10 N–H and O–H groups in total. The summed E-state index contributed by atoms with van der Waals surface area (Å²) in [5.41, 5.74) is 1.36. The van der Waals surface area contributed by atoms with Crippen LogP contribution in [0.5, 0.6) is 0 Å². The molecule has 0 fully saturated rings. The van der Waals surface area contributed by atoms with Crippen molar-refractivity contribution in [1.82, 2.24) is 37.1 Å². The predicted octanol–water partition coefficient (Wildman–Crippen LogP) is 8.97. The molecule has 0 saturated carbocycles. The Kier molecular flexibility index (Phi) is 63.8. The van der Waals surface area contributed by atoms with E-state index in [0.717, 1.165) is 101 Å². The lowest BCUT2D eigenvalue weighted by atomic mass is 10.0. The van der Waals surface area contributed by atoms with Crippen LogP contribution in [0.25, 0.3) is 0 Å². The fourth-order valence-electron chi connectivity index (χ4n) is 7.18. The highest BCUT2D eigenvalue weighted by atomic mass is 16.4. The lowest BCUT2D eigenvalue weighted by molar-refractivity contribution is -0.142. The minimum absolute atomic E-state index is 0.0260. The van der Waals surface area contributed by atoms with E-state index < -0.39 is 30.0 Å². The van der Waals surface area contributed by atoms with Crippen LogP contribution in [0, 0.1) is 0 Å². The van der Waals surface area contributed by atoms with Gasteiger partial charge in [-0.1, -0.05) is 139 Å². The van der Waals surface area contributed by atoms with Gasteiger partial charge in [0.1, 0.15) is 6.04 Å². The summed E-state index contributed by atoms with van der Waals surface area (Å²) in [7, 11) is 13.6. The maximum absolute atomic E-state index is 12.8. The molecule has 0 aromatic carbocycles. The Hall–Kier alpha value is -3.89. The number of unbranched alkanes of at least 4 members (excludes halogenated alkanes) is 16. The number of rotatable bonds is 46.